The van der Waals surface area contributed by atoms with Crippen LogP contribution in [0.2, 0.25) is 18.1 Å². The van der Waals surface area contributed by atoms with Gasteiger partial charge in [0.05, 0.1) is 12.7 Å². The first-order valence-electron chi connectivity index (χ1n) is 8.23. The van der Waals surface area contributed by atoms with Crippen molar-refractivity contribution in [3.8, 4) is 0 Å². The lowest BCUT2D eigenvalue weighted by Gasteiger charge is -2.40. The standard InChI is InChI=1S/C16H28N2O5Si/c1-10-13(23-24(5,6)16(2,3)4)11(9-19)22-14(10)18-8-7-12(20)17-15(18)21/h7-8,10-11,13-14,19H,9H2,1-6H3,(H,17,20,21). The minimum absolute atomic E-state index is 0.0274. The molecule has 0 bridgehead atoms. The maximum Gasteiger partial charge on any atom is 0.330 e. The minimum atomic E-state index is -2.06. The predicted molar refractivity (Wildman–Crippen MR) is 93.6 cm³/mol. The number of H-pyrrole nitrogens is 1. The smallest absolute Gasteiger partial charge is 0.330 e. The van der Waals surface area contributed by atoms with Gasteiger partial charge in [0.2, 0.25) is 0 Å². The molecule has 4 atom stereocenters. The summed E-state index contributed by atoms with van der Waals surface area (Å²) in [6, 6.07) is 1.29. The van der Waals surface area contributed by atoms with Gasteiger partial charge in [0, 0.05) is 18.2 Å². The molecule has 1 fully saturated rings. The van der Waals surface area contributed by atoms with Crippen LogP contribution in [0.5, 0.6) is 0 Å². The minimum Gasteiger partial charge on any atom is -0.411 e. The number of hydrogen-bond acceptors (Lipinski definition) is 5. The molecule has 1 aliphatic heterocycles. The number of nitrogens with one attached hydrogen (secondary N) is 1. The van der Waals surface area contributed by atoms with Crippen LogP contribution in [0.4, 0.5) is 0 Å². The van der Waals surface area contributed by atoms with Gasteiger partial charge in [-0.3, -0.25) is 14.3 Å². The van der Waals surface area contributed by atoms with Crippen molar-refractivity contribution in [2.75, 3.05) is 6.61 Å². The van der Waals surface area contributed by atoms with Gasteiger partial charge < -0.3 is 14.3 Å². The van der Waals surface area contributed by atoms with E-state index in [1.54, 1.807) is 0 Å². The van der Waals surface area contributed by atoms with Gasteiger partial charge in [-0.1, -0.05) is 27.7 Å². The van der Waals surface area contributed by atoms with Crippen molar-refractivity contribution in [3.63, 3.8) is 0 Å². The van der Waals surface area contributed by atoms with Crippen LogP contribution in [-0.4, -0.2) is 41.8 Å². The lowest BCUT2D eigenvalue weighted by atomic mass is 10.0. The summed E-state index contributed by atoms with van der Waals surface area (Å²) in [6.07, 6.45) is 0.0322. The van der Waals surface area contributed by atoms with Crippen LogP contribution in [0.25, 0.3) is 0 Å². The number of aromatic nitrogens is 2. The molecule has 0 amide bonds. The van der Waals surface area contributed by atoms with Crippen molar-refractivity contribution in [1.82, 2.24) is 9.55 Å². The normalized spacial score (nSPS) is 28.3. The van der Waals surface area contributed by atoms with E-state index in [9.17, 15) is 14.7 Å². The Morgan fingerprint density at radius 2 is 2.00 bits per heavy atom. The van der Waals surface area contributed by atoms with Crippen LogP contribution < -0.4 is 11.2 Å². The second-order valence-corrected chi connectivity index (χ2v) is 12.7. The van der Waals surface area contributed by atoms with Crippen molar-refractivity contribution in [2.24, 2.45) is 5.92 Å². The number of aliphatic hydroxyl groups excluding tert-OH is 1. The first-order chi connectivity index (χ1) is 11.0. The molecule has 0 saturated carbocycles. The van der Waals surface area contributed by atoms with Crippen molar-refractivity contribution < 1.29 is 14.3 Å². The molecule has 4 unspecified atom stereocenters. The van der Waals surface area contributed by atoms with E-state index in [-0.39, 0.29) is 23.7 Å². The highest BCUT2D eigenvalue weighted by Crippen LogP contribution is 2.42. The largest absolute Gasteiger partial charge is 0.411 e. The van der Waals surface area contributed by atoms with Gasteiger partial charge in [-0.25, -0.2) is 4.79 Å². The molecule has 1 saturated heterocycles. The molecule has 0 aromatic carbocycles. The van der Waals surface area contributed by atoms with Crippen LogP contribution in [0.15, 0.2) is 21.9 Å². The fraction of sp³-hybridized carbons (Fsp3) is 0.750. The molecular formula is C16H28N2O5Si. The molecule has 0 aliphatic carbocycles. The summed E-state index contributed by atoms with van der Waals surface area (Å²) in [6.45, 7) is 12.5. The first kappa shape index (κ1) is 19.1. The number of aromatic amines is 1. The maximum absolute atomic E-state index is 12.1. The summed E-state index contributed by atoms with van der Waals surface area (Å²) in [5.41, 5.74) is -0.973. The summed E-state index contributed by atoms with van der Waals surface area (Å²) in [4.78, 5) is 25.5. The van der Waals surface area contributed by atoms with E-state index in [2.05, 4.69) is 38.8 Å². The second kappa shape index (κ2) is 6.59. The average molecular weight is 356 g/mol. The summed E-state index contributed by atoms with van der Waals surface area (Å²) in [7, 11) is -2.06. The Hall–Kier alpha value is -1.22. The number of rotatable bonds is 4. The molecule has 24 heavy (non-hydrogen) atoms. The third kappa shape index (κ3) is 3.56. The Morgan fingerprint density at radius 1 is 1.38 bits per heavy atom. The van der Waals surface area contributed by atoms with E-state index in [1.807, 2.05) is 6.92 Å². The Bertz CT molecular complexity index is 691. The fourth-order valence-corrected chi connectivity index (χ4v) is 4.08. The Kier molecular flexibility index (Phi) is 5.24. The number of nitrogens with zero attached hydrogens (tertiary/aromatic N) is 1. The van der Waals surface area contributed by atoms with E-state index in [0.717, 1.165) is 0 Å². The number of aliphatic hydroxyl groups is 1. The third-order valence-electron chi connectivity index (χ3n) is 5.19. The van der Waals surface area contributed by atoms with Crippen molar-refractivity contribution >= 4 is 8.32 Å². The molecule has 8 heteroatoms. The zero-order valence-corrected chi connectivity index (χ0v) is 16.2. The lowest BCUT2D eigenvalue weighted by Crippen LogP contribution is -2.48. The SMILES string of the molecule is CC1C(O[Si](C)(C)C(C)(C)C)C(CO)OC1n1ccc(=O)[nH]c1=O. The van der Waals surface area contributed by atoms with Gasteiger partial charge in [-0.2, -0.15) is 0 Å². The lowest BCUT2D eigenvalue weighted by molar-refractivity contribution is -0.0461. The molecule has 2 N–H and O–H groups in total. The summed E-state index contributed by atoms with van der Waals surface area (Å²) >= 11 is 0. The number of ether oxygens (including phenoxy) is 1. The van der Waals surface area contributed by atoms with Crippen LogP contribution in [0.1, 0.15) is 33.9 Å². The molecule has 1 aliphatic rings. The Morgan fingerprint density at radius 3 is 2.50 bits per heavy atom. The summed E-state index contributed by atoms with van der Waals surface area (Å²) in [5.74, 6) is -0.139. The van der Waals surface area contributed by atoms with E-state index in [4.69, 9.17) is 9.16 Å². The van der Waals surface area contributed by atoms with E-state index < -0.39 is 31.9 Å². The highest BCUT2D eigenvalue weighted by atomic mass is 28.4. The summed E-state index contributed by atoms with van der Waals surface area (Å²) in [5, 5.41) is 9.72. The molecule has 2 heterocycles. The van der Waals surface area contributed by atoms with Crippen LogP contribution >= 0.6 is 0 Å². The highest BCUT2D eigenvalue weighted by molar-refractivity contribution is 6.74. The van der Waals surface area contributed by atoms with Gasteiger partial charge in [0.25, 0.3) is 5.56 Å². The molecule has 0 spiro atoms. The van der Waals surface area contributed by atoms with Crippen LogP contribution in [0.3, 0.4) is 0 Å². The van der Waals surface area contributed by atoms with Gasteiger partial charge >= 0.3 is 5.69 Å². The first-order valence-corrected chi connectivity index (χ1v) is 11.1. The van der Waals surface area contributed by atoms with E-state index in [1.165, 1.54) is 16.8 Å². The summed E-state index contributed by atoms with van der Waals surface area (Å²) < 4.78 is 13.7. The fourth-order valence-electron chi connectivity index (χ4n) is 2.68. The Labute approximate surface area is 142 Å². The zero-order valence-electron chi connectivity index (χ0n) is 15.2. The van der Waals surface area contributed by atoms with E-state index in [0.29, 0.717) is 0 Å². The maximum atomic E-state index is 12.1. The predicted octanol–water partition coefficient (Wildman–Crippen LogP) is 1.45. The van der Waals surface area contributed by atoms with Crippen molar-refractivity contribution in [1.29, 1.82) is 0 Å². The quantitative estimate of drug-likeness (QED) is 0.797. The second-order valence-electron chi connectivity index (χ2n) is 7.97. The average Bonchev–Trinajstić information content (AvgIpc) is 2.74. The van der Waals surface area contributed by atoms with E-state index >= 15 is 0 Å². The molecule has 1 aromatic rings. The third-order valence-corrected chi connectivity index (χ3v) is 9.66. The topological polar surface area (TPSA) is 93.5 Å². The zero-order chi connectivity index (χ0) is 18.3. The van der Waals surface area contributed by atoms with Crippen molar-refractivity contribution in [2.45, 2.75) is 64.3 Å². The molecule has 0 radical (unpaired) electrons. The van der Waals surface area contributed by atoms with Crippen LogP contribution in [-0.2, 0) is 9.16 Å². The van der Waals surface area contributed by atoms with Gasteiger partial charge in [-0.05, 0) is 18.1 Å². The highest BCUT2D eigenvalue weighted by Gasteiger charge is 2.48. The molecule has 2 rings (SSSR count). The van der Waals surface area contributed by atoms with Gasteiger partial charge in [0.1, 0.15) is 12.3 Å². The van der Waals surface area contributed by atoms with Crippen LogP contribution in [0, 0.1) is 5.92 Å². The Balaban J connectivity index is 2.31. The van der Waals surface area contributed by atoms with Crippen molar-refractivity contribution in [3.05, 3.63) is 33.1 Å². The molecular weight excluding hydrogens is 328 g/mol. The number of hydrogen-bond donors (Lipinski definition) is 2. The molecule has 7 nitrogen and oxygen atoms in total. The monoisotopic (exact) mass is 356 g/mol. The molecule has 136 valence electrons. The molecule has 1 aromatic heterocycles. The van der Waals surface area contributed by atoms with Gasteiger partial charge in [-0.15, -0.1) is 0 Å². The van der Waals surface area contributed by atoms with Gasteiger partial charge in [0.15, 0.2) is 8.32 Å².